The van der Waals surface area contributed by atoms with E-state index in [0.717, 1.165) is 5.56 Å². The summed E-state index contributed by atoms with van der Waals surface area (Å²) in [5.41, 5.74) is 0.818. The highest BCUT2D eigenvalue weighted by molar-refractivity contribution is 7.90. The van der Waals surface area contributed by atoms with Crippen LogP contribution in [0.4, 0.5) is 0 Å². The zero-order valence-corrected chi connectivity index (χ0v) is 13.1. The van der Waals surface area contributed by atoms with Crippen LogP contribution >= 0.6 is 11.6 Å². The maximum absolute atomic E-state index is 12.2. The van der Waals surface area contributed by atoms with Gasteiger partial charge in [-0.2, -0.15) is 0 Å². The summed E-state index contributed by atoms with van der Waals surface area (Å²) < 4.78 is 31.6. The molecule has 2 unspecified atom stereocenters. The van der Waals surface area contributed by atoms with Crippen LogP contribution in [0.1, 0.15) is 12.0 Å². The van der Waals surface area contributed by atoms with Gasteiger partial charge in [-0.05, 0) is 24.1 Å². The highest BCUT2D eigenvalue weighted by Crippen LogP contribution is 2.16. The molecule has 8 heteroatoms. The summed E-state index contributed by atoms with van der Waals surface area (Å²) in [6, 6.07) is 6.36. The van der Waals surface area contributed by atoms with E-state index in [1.165, 1.54) is 7.11 Å². The number of carbonyl (C=O) groups is 1. The molecule has 0 spiro atoms. The molecular formula is C13H17ClN2O4S. The highest BCUT2D eigenvalue weighted by Gasteiger charge is 2.37. The number of hydrogen-bond donors (Lipinski definition) is 2. The van der Waals surface area contributed by atoms with E-state index in [1.807, 2.05) is 0 Å². The van der Waals surface area contributed by atoms with E-state index in [-0.39, 0.29) is 19.5 Å². The zero-order valence-electron chi connectivity index (χ0n) is 11.5. The van der Waals surface area contributed by atoms with Crippen molar-refractivity contribution < 1.29 is 17.9 Å². The van der Waals surface area contributed by atoms with Crippen molar-refractivity contribution in [2.75, 3.05) is 13.7 Å². The molecule has 0 saturated carbocycles. The summed E-state index contributed by atoms with van der Waals surface area (Å²) in [5.74, 6) is -0.439. The number of methoxy groups -OCH3 is 1. The minimum absolute atomic E-state index is 0.193. The van der Waals surface area contributed by atoms with Crippen LogP contribution in [0.5, 0.6) is 0 Å². The maximum Gasteiger partial charge on any atom is 0.322 e. The van der Waals surface area contributed by atoms with E-state index in [4.69, 9.17) is 11.6 Å². The molecule has 21 heavy (non-hydrogen) atoms. The first-order valence-corrected chi connectivity index (χ1v) is 8.39. The van der Waals surface area contributed by atoms with Gasteiger partial charge in [-0.1, -0.05) is 23.7 Å². The molecule has 1 heterocycles. The Labute approximate surface area is 128 Å². The van der Waals surface area contributed by atoms with Crippen molar-refractivity contribution in [1.82, 2.24) is 10.0 Å². The summed E-state index contributed by atoms with van der Waals surface area (Å²) in [6.07, 6.45) is 0.211. The van der Waals surface area contributed by atoms with Gasteiger partial charge in [0.15, 0.2) is 0 Å². The fourth-order valence-corrected chi connectivity index (χ4v) is 3.66. The molecule has 1 aliphatic heterocycles. The quantitative estimate of drug-likeness (QED) is 0.774. The van der Waals surface area contributed by atoms with Crippen molar-refractivity contribution in [2.24, 2.45) is 0 Å². The number of nitrogens with one attached hydrogen (secondary N) is 2. The van der Waals surface area contributed by atoms with Crippen LogP contribution in [-0.4, -0.2) is 39.3 Å². The van der Waals surface area contributed by atoms with Gasteiger partial charge in [-0.25, -0.2) is 13.1 Å². The van der Waals surface area contributed by atoms with Crippen LogP contribution in [0.2, 0.25) is 5.02 Å². The van der Waals surface area contributed by atoms with Crippen molar-refractivity contribution in [1.29, 1.82) is 0 Å². The molecule has 0 amide bonds. The lowest BCUT2D eigenvalue weighted by Crippen LogP contribution is -2.35. The standard InChI is InChI=1S/C13H17ClN2O4S/c1-20-13(17)12-6-11(8-15-12)21(18,19)16-7-9-2-4-10(14)5-3-9/h2-5,11-12,15-16H,6-8H2,1H3. The lowest BCUT2D eigenvalue weighted by molar-refractivity contribution is -0.142. The van der Waals surface area contributed by atoms with E-state index < -0.39 is 27.3 Å². The molecule has 1 aromatic rings. The van der Waals surface area contributed by atoms with Crippen LogP contribution in [0.25, 0.3) is 0 Å². The Bertz CT molecular complexity index is 603. The van der Waals surface area contributed by atoms with Crippen LogP contribution < -0.4 is 10.0 Å². The van der Waals surface area contributed by atoms with E-state index in [9.17, 15) is 13.2 Å². The van der Waals surface area contributed by atoms with Gasteiger partial charge in [0.2, 0.25) is 10.0 Å². The summed E-state index contributed by atoms with van der Waals surface area (Å²) in [7, 11) is -2.21. The van der Waals surface area contributed by atoms with E-state index in [1.54, 1.807) is 24.3 Å². The monoisotopic (exact) mass is 332 g/mol. The molecule has 0 aliphatic carbocycles. The van der Waals surface area contributed by atoms with Gasteiger partial charge in [0.25, 0.3) is 0 Å². The first kappa shape index (κ1) is 16.2. The second kappa shape index (κ2) is 6.74. The van der Waals surface area contributed by atoms with Gasteiger partial charge in [0.05, 0.1) is 12.4 Å². The second-order valence-electron chi connectivity index (χ2n) is 4.83. The van der Waals surface area contributed by atoms with Crippen LogP contribution in [0.15, 0.2) is 24.3 Å². The van der Waals surface area contributed by atoms with Crippen LogP contribution in [0, 0.1) is 0 Å². The molecule has 0 radical (unpaired) electrons. The first-order chi connectivity index (χ1) is 9.92. The summed E-state index contributed by atoms with van der Waals surface area (Å²) in [6.45, 7) is 0.425. The number of ether oxygens (including phenoxy) is 1. The van der Waals surface area contributed by atoms with E-state index >= 15 is 0 Å². The number of hydrogen-bond acceptors (Lipinski definition) is 5. The molecule has 6 nitrogen and oxygen atoms in total. The predicted octanol–water partition coefficient (Wildman–Crippen LogP) is 0.663. The second-order valence-corrected chi connectivity index (χ2v) is 7.32. The number of esters is 1. The SMILES string of the molecule is COC(=O)C1CC(S(=O)(=O)NCc2ccc(Cl)cc2)CN1. The molecule has 116 valence electrons. The lowest BCUT2D eigenvalue weighted by atomic mass is 10.2. The Morgan fingerprint density at radius 1 is 1.43 bits per heavy atom. The maximum atomic E-state index is 12.2. The Balaban J connectivity index is 1.93. The Morgan fingerprint density at radius 3 is 2.71 bits per heavy atom. The molecular weight excluding hydrogens is 316 g/mol. The molecule has 2 atom stereocenters. The van der Waals surface area contributed by atoms with Gasteiger partial charge in [0, 0.05) is 18.1 Å². The molecule has 2 N–H and O–H groups in total. The highest BCUT2D eigenvalue weighted by atomic mass is 35.5. The first-order valence-electron chi connectivity index (χ1n) is 6.46. The topological polar surface area (TPSA) is 84.5 Å². The van der Waals surface area contributed by atoms with Gasteiger partial charge >= 0.3 is 5.97 Å². The molecule has 1 aliphatic rings. The Hall–Kier alpha value is -1.15. The third kappa shape index (κ3) is 4.16. The van der Waals surface area contributed by atoms with Crippen molar-refractivity contribution in [3.05, 3.63) is 34.9 Å². The average molecular weight is 333 g/mol. The van der Waals surface area contributed by atoms with Crippen molar-refractivity contribution in [2.45, 2.75) is 24.3 Å². The minimum atomic E-state index is -3.50. The summed E-state index contributed by atoms with van der Waals surface area (Å²) in [4.78, 5) is 11.4. The number of benzene rings is 1. The third-order valence-corrected chi connectivity index (χ3v) is 5.44. The van der Waals surface area contributed by atoms with Crippen molar-refractivity contribution in [3.8, 4) is 0 Å². The molecule has 2 rings (SSSR count). The van der Waals surface area contributed by atoms with Crippen molar-refractivity contribution in [3.63, 3.8) is 0 Å². The normalized spacial score (nSPS) is 22.2. The van der Waals surface area contributed by atoms with E-state index in [0.29, 0.717) is 5.02 Å². The van der Waals surface area contributed by atoms with Gasteiger partial charge in [-0.3, -0.25) is 4.79 Å². The molecule has 0 aromatic heterocycles. The number of rotatable bonds is 5. The predicted molar refractivity (Wildman–Crippen MR) is 79.4 cm³/mol. The average Bonchev–Trinajstić information content (AvgIpc) is 2.96. The number of sulfonamides is 1. The molecule has 1 aromatic carbocycles. The van der Waals surface area contributed by atoms with Gasteiger partial charge < -0.3 is 10.1 Å². The molecule has 1 fully saturated rings. The number of halogens is 1. The summed E-state index contributed by atoms with van der Waals surface area (Å²) in [5, 5.41) is 2.81. The largest absolute Gasteiger partial charge is 0.468 e. The minimum Gasteiger partial charge on any atom is -0.468 e. The Kier molecular flexibility index (Phi) is 5.21. The fourth-order valence-electron chi connectivity index (χ4n) is 2.17. The van der Waals surface area contributed by atoms with Crippen molar-refractivity contribution >= 4 is 27.6 Å². The number of carbonyl (C=O) groups excluding carboxylic acids is 1. The third-order valence-electron chi connectivity index (χ3n) is 3.41. The van der Waals surface area contributed by atoms with Gasteiger partial charge in [0.1, 0.15) is 6.04 Å². The Morgan fingerprint density at radius 2 is 2.10 bits per heavy atom. The zero-order chi connectivity index (χ0) is 15.5. The van der Waals surface area contributed by atoms with E-state index in [2.05, 4.69) is 14.8 Å². The van der Waals surface area contributed by atoms with Crippen LogP contribution in [-0.2, 0) is 26.1 Å². The summed E-state index contributed by atoms with van der Waals surface area (Å²) >= 11 is 5.77. The lowest BCUT2D eigenvalue weighted by Gasteiger charge is -2.12. The smallest absolute Gasteiger partial charge is 0.322 e. The molecule has 0 bridgehead atoms. The fraction of sp³-hybridized carbons (Fsp3) is 0.462. The van der Waals surface area contributed by atoms with Gasteiger partial charge in [-0.15, -0.1) is 0 Å². The van der Waals surface area contributed by atoms with Crippen LogP contribution in [0.3, 0.4) is 0 Å². The molecule has 1 saturated heterocycles.